The van der Waals surface area contributed by atoms with Crippen LogP contribution in [0, 0.1) is 5.92 Å². The Labute approximate surface area is 109 Å². The minimum absolute atomic E-state index is 0.739. The average Bonchev–Trinajstić information content (AvgIpc) is 2.42. The minimum atomic E-state index is 0.739. The fourth-order valence-electron chi connectivity index (χ4n) is 2.50. The van der Waals surface area contributed by atoms with Crippen LogP contribution < -0.4 is 5.32 Å². The highest BCUT2D eigenvalue weighted by Gasteiger charge is 2.19. The number of hydrogen-bond acceptors (Lipinski definition) is 4. The van der Waals surface area contributed by atoms with E-state index >= 15 is 0 Å². The second kappa shape index (κ2) is 6.71. The number of ether oxygens (including phenoxy) is 1. The topological polar surface area (TPSA) is 37.4 Å². The summed E-state index contributed by atoms with van der Waals surface area (Å²) in [5, 5.41) is 3.15. The molecule has 0 aliphatic carbocycles. The molecule has 0 spiro atoms. The zero-order valence-electron chi connectivity index (χ0n) is 11.4. The van der Waals surface area contributed by atoms with Crippen LogP contribution in [0.15, 0.2) is 18.3 Å². The number of hydrogen-bond donors (Lipinski definition) is 1. The summed E-state index contributed by atoms with van der Waals surface area (Å²) in [6, 6.07) is 4.12. The van der Waals surface area contributed by atoms with Crippen LogP contribution in [0.1, 0.15) is 18.5 Å². The number of nitrogens with one attached hydrogen (secondary N) is 1. The number of piperidine rings is 1. The Kier molecular flexibility index (Phi) is 4.96. The van der Waals surface area contributed by atoms with E-state index in [0.29, 0.717) is 0 Å². The molecule has 2 heterocycles. The molecule has 1 fully saturated rings. The lowest BCUT2D eigenvalue weighted by Crippen LogP contribution is -2.34. The van der Waals surface area contributed by atoms with E-state index in [4.69, 9.17) is 4.74 Å². The maximum Gasteiger partial charge on any atom is 0.0564 e. The quantitative estimate of drug-likeness (QED) is 0.866. The summed E-state index contributed by atoms with van der Waals surface area (Å²) >= 11 is 0. The van der Waals surface area contributed by atoms with Crippen molar-refractivity contribution >= 4 is 5.69 Å². The van der Waals surface area contributed by atoms with Crippen LogP contribution in [0.25, 0.3) is 0 Å². The molecule has 0 amide bonds. The molecule has 1 aromatic rings. The second-order valence-electron chi connectivity index (χ2n) is 4.96. The molecule has 1 aliphatic heterocycles. The van der Waals surface area contributed by atoms with Gasteiger partial charge < -0.3 is 10.1 Å². The first-order valence-corrected chi connectivity index (χ1v) is 6.66. The van der Waals surface area contributed by atoms with Gasteiger partial charge in [-0.1, -0.05) is 0 Å². The molecule has 0 saturated carbocycles. The van der Waals surface area contributed by atoms with Crippen LogP contribution in [-0.2, 0) is 11.3 Å². The molecule has 0 radical (unpaired) electrons. The van der Waals surface area contributed by atoms with Gasteiger partial charge in [0.05, 0.1) is 5.69 Å². The highest BCUT2D eigenvalue weighted by Crippen LogP contribution is 2.19. The maximum absolute atomic E-state index is 5.23. The lowest BCUT2D eigenvalue weighted by molar-refractivity contribution is 0.0963. The monoisotopic (exact) mass is 249 g/mol. The fourth-order valence-corrected chi connectivity index (χ4v) is 2.50. The summed E-state index contributed by atoms with van der Waals surface area (Å²) in [6.07, 6.45) is 4.35. The number of anilines is 1. The van der Waals surface area contributed by atoms with Crippen LogP contribution in [0.4, 0.5) is 5.69 Å². The third-order valence-electron chi connectivity index (χ3n) is 3.60. The van der Waals surface area contributed by atoms with E-state index in [1.807, 2.05) is 19.3 Å². The zero-order valence-corrected chi connectivity index (χ0v) is 11.4. The van der Waals surface area contributed by atoms with Crippen LogP contribution in [-0.4, -0.2) is 43.7 Å². The van der Waals surface area contributed by atoms with Gasteiger partial charge in [0.2, 0.25) is 0 Å². The van der Waals surface area contributed by atoms with Gasteiger partial charge >= 0.3 is 0 Å². The first-order valence-electron chi connectivity index (χ1n) is 6.66. The predicted octanol–water partition coefficient (Wildman–Crippen LogP) is 1.98. The van der Waals surface area contributed by atoms with Gasteiger partial charge in [0.1, 0.15) is 0 Å². The average molecular weight is 249 g/mol. The second-order valence-corrected chi connectivity index (χ2v) is 4.96. The van der Waals surface area contributed by atoms with Gasteiger partial charge in [0.25, 0.3) is 0 Å². The van der Waals surface area contributed by atoms with Gasteiger partial charge in [-0.25, -0.2) is 0 Å². The van der Waals surface area contributed by atoms with E-state index in [9.17, 15) is 0 Å². The van der Waals surface area contributed by atoms with Crippen LogP contribution in [0.2, 0.25) is 0 Å². The van der Waals surface area contributed by atoms with Gasteiger partial charge in [0.15, 0.2) is 0 Å². The van der Waals surface area contributed by atoms with Crippen molar-refractivity contribution in [1.82, 2.24) is 9.88 Å². The first-order chi connectivity index (χ1) is 8.81. The van der Waals surface area contributed by atoms with Crippen molar-refractivity contribution in [2.24, 2.45) is 5.92 Å². The van der Waals surface area contributed by atoms with Crippen molar-refractivity contribution in [3.8, 4) is 0 Å². The van der Waals surface area contributed by atoms with Gasteiger partial charge in [-0.15, -0.1) is 0 Å². The molecule has 4 heteroatoms. The van der Waals surface area contributed by atoms with Crippen LogP contribution in [0.5, 0.6) is 0 Å². The molecule has 0 unspecified atom stereocenters. The lowest BCUT2D eigenvalue weighted by atomic mass is 9.98. The van der Waals surface area contributed by atoms with Gasteiger partial charge in [-0.2, -0.15) is 0 Å². The SMILES string of the molecule is CNc1ccnc(CN2CCC(COC)CC2)c1. The number of aromatic nitrogens is 1. The Bertz CT molecular complexity index is 362. The number of methoxy groups -OCH3 is 1. The van der Waals surface area contributed by atoms with E-state index in [-0.39, 0.29) is 0 Å². The van der Waals surface area contributed by atoms with E-state index in [2.05, 4.69) is 21.3 Å². The minimum Gasteiger partial charge on any atom is -0.388 e. The molecule has 1 aromatic heterocycles. The van der Waals surface area contributed by atoms with Crippen molar-refractivity contribution in [2.45, 2.75) is 19.4 Å². The van der Waals surface area contributed by atoms with Crippen molar-refractivity contribution in [2.75, 3.05) is 39.2 Å². The normalized spacial score (nSPS) is 17.9. The Morgan fingerprint density at radius 1 is 1.44 bits per heavy atom. The van der Waals surface area contributed by atoms with E-state index in [1.54, 1.807) is 7.11 Å². The van der Waals surface area contributed by atoms with E-state index < -0.39 is 0 Å². The Morgan fingerprint density at radius 3 is 2.89 bits per heavy atom. The Hall–Kier alpha value is -1.13. The molecule has 4 nitrogen and oxygen atoms in total. The summed E-state index contributed by atoms with van der Waals surface area (Å²) in [5.41, 5.74) is 2.28. The molecule has 1 N–H and O–H groups in total. The molecule has 18 heavy (non-hydrogen) atoms. The Balaban J connectivity index is 1.83. The maximum atomic E-state index is 5.23. The van der Waals surface area contributed by atoms with Gasteiger partial charge in [0, 0.05) is 39.2 Å². The van der Waals surface area contributed by atoms with Crippen LogP contribution >= 0.6 is 0 Å². The molecule has 1 saturated heterocycles. The fraction of sp³-hybridized carbons (Fsp3) is 0.643. The number of pyridine rings is 1. The first kappa shape index (κ1) is 13.3. The van der Waals surface area contributed by atoms with E-state index in [0.717, 1.165) is 43.5 Å². The van der Waals surface area contributed by atoms with E-state index in [1.165, 1.54) is 12.8 Å². The molecule has 100 valence electrons. The molecule has 0 atom stereocenters. The van der Waals surface area contributed by atoms with Crippen molar-refractivity contribution < 1.29 is 4.74 Å². The zero-order chi connectivity index (χ0) is 12.8. The van der Waals surface area contributed by atoms with Crippen molar-refractivity contribution in [1.29, 1.82) is 0 Å². The van der Waals surface area contributed by atoms with Crippen molar-refractivity contribution in [3.63, 3.8) is 0 Å². The lowest BCUT2D eigenvalue weighted by Gasteiger charge is -2.31. The molecule has 1 aliphatic rings. The summed E-state index contributed by atoms with van der Waals surface area (Å²) in [5.74, 6) is 0.739. The standard InChI is InChI=1S/C14H23N3O/c1-15-13-3-6-16-14(9-13)10-17-7-4-12(5-8-17)11-18-2/h3,6,9,12H,4-5,7-8,10-11H2,1-2H3,(H,15,16). The summed E-state index contributed by atoms with van der Waals surface area (Å²) < 4.78 is 5.23. The van der Waals surface area contributed by atoms with Crippen LogP contribution in [0.3, 0.4) is 0 Å². The highest BCUT2D eigenvalue weighted by molar-refractivity contribution is 5.42. The van der Waals surface area contributed by atoms with Gasteiger partial charge in [-0.05, 0) is 44.0 Å². The summed E-state index contributed by atoms with van der Waals surface area (Å²) in [4.78, 5) is 6.91. The summed E-state index contributed by atoms with van der Waals surface area (Å²) in [7, 11) is 3.73. The Morgan fingerprint density at radius 2 is 2.22 bits per heavy atom. The number of rotatable bonds is 5. The van der Waals surface area contributed by atoms with Crippen molar-refractivity contribution in [3.05, 3.63) is 24.0 Å². The predicted molar refractivity (Wildman–Crippen MR) is 73.7 cm³/mol. The molecule has 0 bridgehead atoms. The number of nitrogens with zero attached hydrogens (tertiary/aromatic N) is 2. The third kappa shape index (κ3) is 3.68. The third-order valence-corrected chi connectivity index (χ3v) is 3.60. The largest absolute Gasteiger partial charge is 0.388 e. The van der Waals surface area contributed by atoms with Gasteiger partial charge in [-0.3, -0.25) is 9.88 Å². The molecule has 0 aromatic carbocycles. The summed E-state index contributed by atoms with van der Waals surface area (Å²) in [6.45, 7) is 4.16. The molecule has 2 rings (SSSR count). The molecular formula is C14H23N3O. The molecular weight excluding hydrogens is 226 g/mol. The highest BCUT2D eigenvalue weighted by atomic mass is 16.5. The number of likely N-dealkylation sites (tertiary alicyclic amines) is 1. The smallest absolute Gasteiger partial charge is 0.0564 e.